The molecule has 0 spiro atoms. The molecule has 1 aliphatic carbocycles. The molecule has 112 valence electrons. The first-order chi connectivity index (χ1) is 10.1. The quantitative estimate of drug-likeness (QED) is 0.631. The van der Waals surface area contributed by atoms with Crippen LogP contribution in [-0.4, -0.2) is 23.3 Å². The third-order valence-corrected chi connectivity index (χ3v) is 5.19. The van der Waals surface area contributed by atoms with Gasteiger partial charge < -0.3 is 4.74 Å². The third kappa shape index (κ3) is 3.56. The van der Waals surface area contributed by atoms with E-state index in [-0.39, 0.29) is 17.1 Å². The van der Waals surface area contributed by atoms with Gasteiger partial charge >= 0.3 is 5.97 Å². The second kappa shape index (κ2) is 6.95. The summed E-state index contributed by atoms with van der Waals surface area (Å²) in [5.74, 6) is -0.148. The van der Waals surface area contributed by atoms with Gasteiger partial charge in [-0.2, -0.15) is 5.26 Å². The molecular weight excluding hydrogens is 284 g/mol. The Bertz CT molecular complexity index is 578. The number of carbonyl (C=O) groups is 1. The summed E-state index contributed by atoms with van der Waals surface area (Å²) in [6, 6.07) is 4.15. The lowest BCUT2D eigenvalue weighted by molar-refractivity contribution is -0.140. The number of hydrogen-bond acceptors (Lipinski definition) is 5. The zero-order valence-corrected chi connectivity index (χ0v) is 13.5. The number of nitriles is 1. The van der Waals surface area contributed by atoms with Gasteiger partial charge in [0.2, 0.25) is 0 Å². The van der Waals surface area contributed by atoms with E-state index in [0.29, 0.717) is 10.6 Å². The van der Waals surface area contributed by atoms with Gasteiger partial charge in [0, 0.05) is 5.69 Å². The molecule has 2 rings (SSSR count). The highest BCUT2D eigenvalue weighted by atomic mass is 32.2. The molecule has 0 radical (unpaired) electrons. The van der Waals surface area contributed by atoms with Crippen LogP contribution in [0.2, 0.25) is 0 Å². The van der Waals surface area contributed by atoms with Crippen molar-refractivity contribution in [2.45, 2.75) is 49.8 Å². The fraction of sp³-hybridized carbons (Fsp3) is 0.562. The Hall–Kier alpha value is -1.54. The molecule has 21 heavy (non-hydrogen) atoms. The first kappa shape index (κ1) is 15.8. The maximum atomic E-state index is 11.9. The van der Waals surface area contributed by atoms with Gasteiger partial charge in [0.25, 0.3) is 0 Å². The van der Waals surface area contributed by atoms with E-state index >= 15 is 0 Å². The number of aryl methyl sites for hydroxylation is 2. The van der Waals surface area contributed by atoms with Crippen molar-refractivity contribution in [3.63, 3.8) is 0 Å². The zero-order valence-electron chi connectivity index (χ0n) is 12.7. The van der Waals surface area contributed by atoms with Crippen molar-refractivity contribution in [2.75, 3.05) is 7.11 Å². The highest BCUT2D eigenvalue weighted by molar-refractivity contribution is 8.00. The van der Waals surface area contributed by atoms with Crippen LogP contribution in [0.4, 0.5) is 0 Å². The van der Waals surface area contributed by atoms with E-state index in [2.05, 4.69) is 11.1 Å². The summed E-state index contributed by atoms with van der Waals surface area (Å²) in [5.41, 5.74) is 2.83. The number of hydrogen-bond donors (Lipinski definition) is 0. The van der Waals surface area contributed by atoms with Crippen molar-refractivity contribution in [3.8, 4) is 6.07 Å². The summed E-state index contributed by atoms with van der Waals surface area (Å²) in [5, 5.41) is 9.67. The number of carbonyl (C=O) groups excluding carboxylic acids is 1. The summed E-state index contributed by atoms with van der Waals surface area (Å²) >= 11 is 1.35. The van der Waals surface area contributed by atoms with Gasteiger partial charge in [-0.25, -0.2) is 4.98 Å². The van der Waals surface area contributed by atoms with Gasteiger partial charge in [-0.1, -0.05) is 25.6 Å². The summed E-state index contributed by atoms with van der Waals surface area (Å²) in [6.45, 7) is 3.94. The minimum atomic E-state index is -0.337. The van der Waals surface area contributed by atoms with Gasteiger partial charge in [-0.15, -0.1) is 0 Å². The maximum absolute atomic E-state index is 11.9. The van der Waals surface area contributed by atoms with Gasteiger partial charge in [-0.3, -0.25) is 4.79 Å². The molecule has 0 fully saturated rings. The molecule has 1 aliphatic rings. The molecule has 4 nitrogen and oxygen atoms in total. The Kier molecular flexibility index (Phi) is 5.24. The molecule has 0 saturated heterocycles. The Morgan fingerprint density at radius 1 is 1.43 bits per heavy atom. The Morgan fingerprint density at radius 2 is 2.14 bits per heavy atom. The summed E-state index contributed by atoms with van der Waals surface area (Å²) in [6.07, 6.45) is 4.25. The molecule has 1 unspecified atom stereocenters. The van der Waals surface area contributed by atoms with Crippen LogP contribution in [-0.2, 0) is 22.4 Å². The average Bonchev–Trinajstić information content (AvgIpc) is 2.50. The fourth-order valence-electron chi connectivity index (χ4n) is 2.48. The van der Waals surface area contributed by atoms with Crippen LogP contribution in [0.15, 0.2) is 11.1 Å². The summed E-state index contributed by atoms with van der Waals surface area (Å²) in [7, 11) is 1.39. The minimum absolute atomic E-state index is 0.117. The van der Waals surface area contributed by atoms with E-state index in [4.69, 9.17) is 4.74 Å². The predicted molar refractivity (Wildman–Crippen MR) is 82.1 cm³/mol. The molecule has 0 N–H and O–H groups in total. The van der Waals surface area contributed by atoms with Gasteiger partial charge in [0.1, 0.15) is 16.3 Å². The minimum Gasteiger partial charge on any atom is -0.468 e. The highest BCUT2D eigenvalue weighted by Gasteiger charge is 2.27. The number of aromatic nitrogens is 1. The van der Waals surface area contributed by atoms with Crippen LogP contribution in [0, 0.1) is 17.2 Å². The van der Waals surface area contributed by atoms with Crippen molar-refractivity contribution < 1.29 is 9.53 Å². The number of ether oxygens (including phenoxy) is 1. The largest absolute Gasteiger partial charge is 0.468 e. The van der Waals surface area contributed by atoms with Crippen molar-refractivity contribution in [1.29, 1.82) is 5.26 Å². The Morgan fingerprint density at radius 3 is 2.76 bits per heavy atom. The van der Waals surface area contributed by atoms with Crippen LogP contribution in [0.3, 0.4) is 0 Å². The number of esters is 1. The molecular formula is C16H20N2O2S. The lowest BCUT2D eigenvalue weighted by Crippen LogP contribution is -2.25. The molecule has 0 bridgehead atoms. The molecule has 0 amide bonds. The van der Waals surface area contributed by atoms with E-state index in [1.54, 1.807) is 0 Å². The Labute approximate surface area is 129 Å². The van der Waals surface area contributed by atoms with Gasteiger partial charge in [-0.05, 0) is 43.2 Å². The molecule has 0 saturated carbocycles. The highest BCUT2D eigenvalue weighted by Crippen LogP contribution is 2.32. The van der Waals surface area contributed by atoms with Crippen molar-refractivity contribution in [2.24, 2.45) is 5.92 Å². The van der Waals surface area contributed by atoms with Crippen LogP contribution in [0.25, 0.3) is 0 Å². The molecule has 1 atom stereocenters. The van der Waals surface area contributed by atoms with Gasteiger partial charge in [0.15, 0.2) is 0 Å². The van der Waals surface area contributed by atoms with E-state index in [9.17, 15) is 10.1 Å². The molecule has 1 heterocycles. The van der Waals surface area contributed by atoms with Crippen LogP contribution >= 0.6 is 11.8 Å². The number of pyridine rings is 1. The van der Waals surface area contributed by atoms with Crippen LogP contribution in [0.1, 0.15) is 43.5 Å². The van der Waals surface area contributed by atoms with Crippen molar-refractivity contribution in [3.05, 3.63) is 22.9 Å². The number of thioether (sulfide) groups is 1. The van der Waals surface area contributed by atoms with Crippen LogP contribution in [0.5, 0.6) is 0 Å². The smallest absolute Gasteiger partial charge is 0.319 e. The topological polar surface area (TPSA) is 63.0 Å². The zero-order chi connectivity index (χ0) is 15.4. The number of rotatable bonds is 4. The van der Waals surface area contributed by atoms with E-state index in [0.717, 1.165) is 31.4 Å². The first-order valence-electron chi connectivity index (χ1n) is 7.24. The molecule has 1 aromatic rings. The Balaban J connectivity index is 2.34. The standard InChI is InChI=1S/C16H20N2O2S/c1-10(2)14(16(19)20-3)21-15-12(9-17)8-11-6-4-5-7-13(11)18-15/h8,10,14H,4-7H2,1-3H3. The number of fused-ring (bicyclic) bond motifs is 1. The van der Waals surface area contributed by atoms with E-state index < -0.39 is 0 Å². The monoisotopic (exact) mass is 304 g/mol. The molecule has 5 heteroatoms. The molecule has 0 aliphatic heterocycles. The fourth-order valence-corrected chi connectivity index (χ4v) is 3.58. The molecule has 0 aromatic carbocycles. The normalized spacial score (nSPS) is 15.2. The number of nitrogens with zero attached hydrogens (tertiary/aromatic N) is 2. The SMILES string of the molecule is COC(=O)C(Sc1nc2c(cc1C#N)CCCC2)C(C)C. The maximum Gasteiger partial charge on any atom is 0.319 e. The summed E-state index contributed by atoms with van der Waals surface area (Å²) < 4.78 is 4.86. The average molecular weight is 304 g/mol. The van der Waals surface area contributed by atoms with Crippen molar-refractivity contribution in [1.82, 2.24) is 4.98 Å². The second-order valence-corrected chi connectivity index (χ2v) is 6.70. The van der Waals surface area contributed by atoms with E-state index in [1.165, 1.54) is 24.4 Å². The number of methoxy groups -OCH3 is 1. The first-order valence-corrected chi connectivity index (χ1v) is 8.12. The predicted octanol–water partition coefficient (Wildman–Crippen LogP) is 3.12. The molecule has 1 aromatic heterocycles. The van der Waals surface area contributed by atoms with Crippen LogP contribution < -0.4 is 0 Å². The summed E-state index contributed by atoms with van der Waals surface area (Å²) in [4.78, 5) is 16.5. The van der Waals surface area contributed by atoms with E-state index in [1.807, 2.05) is 19.9 Å². The second-order valence-electron chi connectivity index (χ2n) is 5.57. The third-order valence-electron chi connectivity index (χ3n) is 3.66. The lowest BCUT2D eigenvalue weighted by Gasteiger charge is -2.20. The van der Waals surface area contributed by atoms with Crippen molar-refractivity contribution >= 4 is 17.7 Å². The van der Waals surface area contributed by atoms with Gasteiger partial charge in [0.05, 0.1) is 12.7 Å². The lowest BCUT2D eigenvalue weighted by atomic mass is 9.95.